The van der Waals surface area contributed by atoms with Gasteiger partial charge >= 0.3 is 0 Å². The monoisotopic (exact) mass is 371 g/mol. The maximum atomic E-state index is 14.7. The normalized spacial score (nSPS) is 11.4. The molecule has 6 nitrogen and oxygen atoms in total. The highest BCUT2D eigenvalue weighted by Crippen LogP contribution is 2.33. The molecule has 136 valence electrons. The fraction of sp³-hybridized carbons (Fsp3) is 0.0476. The Morgan fingerprint density at radius 2 is 2.04 bits per heavy atom. The van der Waals surface area contributed by atoms with E-state index in [0.29, 0.717) is 44.5 Å². The topological polar surface area (TPSA) is 76.5 Å². The molecular weight excluding hydrogens is 357 g/mol. The predicted octanol–water partition coefficient (Wildman–Crippen LogP) is 3.68. The molecule has 1 N–H and O–H groups in total. The molecule has 0 aliphatic carbocycles. The third kappa shape index (κ3) is 2.56. The van der Waals surface area contributed by atoms with Gasteiger partial charge in [-0.15, -0.1) is 0 Å². The summed E-state index contributed by atoms with van der Waals surface area (Å²) in [6.45, 7) is 0. The highest BCUT2D eigenvalue weighted by Gasteiger charge is 2.17. The van der Waals surface area contributed by atoms with E-state index < -0.39 is 5.82 Å². The molecule has 4 heterocycles. The first-order chi connectivity index (χ1) is 13.6. The summed E-state index contributed by atoms with van der Waals surface area (Å²) in [4.78, 5) is 24.1. The van der Waals surface area contributed by atoms with E-state index in [4.69, 9.17) is 0 Å². The minimum atomic E-state index is -0.429. The van der Waals surface area contributed by atoms with Crippen molar-refractivity contribution in [3.8, 4) is 22.5 Å². The van der Waals surface area contributed by atoms with Gasteiger partial charge in [0, 0.05) is 42.7 Å². The number of hydrogen-bond acceptors (Lipinski definition) is 4. The van der Waals surface area contributed by atoms with Crippen molar-refractivity contribution in [1.29, 1.82) is 0 Å². The van der Waals surface area contributed by atoms with Gasteiger partial charge in [0.05, 0.1) is 5.39 Å². The molecule has 4 aromatic heterocycles. The Hall–Kier alpha value is -3.87. The molecule has 1 aromatic carbocycles. The lowest BCUT2D eigenvalue weighted by Crippen LogP contribution is -2.04. The SMILES string of the molecule is Cn1ccc(-c2nc3[nH]ccc(=O)c3cc2-c2cc(F)c3ncccc3c2)n1. The molecule has 5 aromatic rings. The fourth-order valence-corrected chi connectivity index (χ4v) is 3.36. The summed E-state index contributed by atoms with van der Waals surface area (Å²) < 4.78 is 16.4. The van der Waals surface area contributed by atoms with E-state index in [1.165, 1.54) is 12.1 Å². The zero-order chi connectivity index (χ0) is 19.3. The van der Waals surface area contributed by atoms with Crippen LogP contribution in [0.1, 0.15) is 0 Å². The van der Waals surface area contributed by atoms with Gasteiger partial charge in [0.2, 0.25) is 0 Å². The van der Waals surface area contributed by atoms with Gasteiger partial charge in [0.1, 0.15) is 28.4 Å². The summed E-state index contributed by atoms with van der Waals surface area (Å²) in [6.07, 6.45) is 4.92. The van der Waals surface area contributed by atoms with Crippen molar-refractivity contribution in [3.05, 3.63) is 77.1 Å². The molecule has 0 atom stereocenters. The van der Waals surface area contributed by atoms with Gasteiger partial charge < -0.3 is 4.98 Å². The van der Waals surface area contributed by atoms with Crippen LogP contribution in [0.3, 0.4) is 0 Å². The lowest BCUT2D eigenvalue weighted by atomic mass is 9.98. The van der Waals surface area contributed by atoms with Crippen molar-refractivity contribution >= 4 is 21.9 Å². The summed E-state index contributed by atoms with van der Waals surface area (Å²) in [5.74, 6) is -0.429. The van der Waals surface area contributed by atoms with Gasteiger partial charge in [0.15, 0.2) is 5.43 Å². The van der Waals surface area contributed by atoms with Gasteiger partial charge in [-0.3, -0.25) is 14.5 Å². The van der Waals surface area contributed by atoms with Crippen LogP contribution in [0, 0.1) is 5.82 Å². The average molecular weight is 371 g/mol. The van der Waals surface area contributed by atoms with E-state index in [2.05, 4.69) is 20.1 Å². The molecular formula is C21H14FN5O. The lowest BCUT2D eigenvalue weighted by Gasteiger charge is -2.11. The van der Waals surface area contributed by atoms with Gasteiger partial charge in [-0.05, 0) is 35.9 Å². The van der Waals surface area contributed by atoms with Crippen molar-refractivity contribution in [1.82, 2.24) is 24.7 Å². The molecule has 0 fully saturated rings. The number of H-pyrrole nitrogens is 1. The third-order valence-electron chi connectivity index (χ3n) is 4.67. The van der Waals surface area contributed by atoms with Crippen LogP contribution in [0.5, 0.6) is 0 Å². The van der Waals surface area contributed by atoms with Crippen molar-refractivity contribution in [2.75, 3.05) is 0 Å². The third-order valence-corrected chi connectivity index (χ3v) is 4.67. The van der Waals surface area contributed by atoms with E-state index >= 15 is 0 Å². The summed E-state index contributed by atoms with van der Waals surface area (Å²) in [6, 6.07) is 11.8. The summed E-state index contributed by atoms with van der Waals surface area (Å²) >= 11 is 0. The quantitative estimate of drug-likeness (QED) is 0.514. The molecule has 0 spiro atoms. The van der Waals surface area contributed by atoms with Crippen molar-refractivity contribution < 1.29 is 4.39 Å². The molecule has 0 aliphatic heterocycles. The minimum absolute atomic E-state index is 0.155. The van der Waals surface area contributed by atoms with Crippen LogP contribution >= 0.6 is 0 Å². The Morgan fingerprint density at radius 1 is 1.14 bits per heavy atom. The van der Waals surface area contributed by atoms with Gasteiger partial charge in [0.25, 0.3) is 0 Å². The second-order valence-corrected chi connectivity index (χ2v) is 6.53. The molecule has 0 saturated heterocycles. The van der Waals surface area contributed by atoms with Crippen LogP contribution in [0.15, 0.2) is 65.8 Å². The maximum absolute atomic E-state index is 14.7. The van der Waals surface area contributed by atoms with Crippen LogP contribution in [-0.4, -0.2) is 24.7 Å². The Labute approximate surface area is 158 Å². The zero-order valence-corrected chi connectivity index (χ0v) is 14.8. The maximum Gasteiger partial charge on any atom is 0.191 e. The van der Waals surface area contributed by atoms with Crippen molar-refractivity contribution in [3.63, 3.8) is 0 Å². The molecule has 0 aliphatic rings. The van der Waals surface area contributed by atoms with Gasteiger partial charge in [-0.2, -0.15) is 5.10 Å². The first kappa shape index (κ1) is 16.3. The number of halogens is 1. The van der Waals surface area contributed by atoms with Crippen LogP contribution in [0.4, 0.5) is 4.39 Å². The van der Waals surface area contributed by atoms with Crippen LogP contribution < -0.4 is 5.43 Å². The molecule has 0 unspecified atom stereocenters. The molecule has 5 rings (SSSR count). The minimum Gasteiger partial charge on any atom is -0.346 e. The highest BCUT2D eigenvalue weighted by molar-refractivity contribution is 5.92. The van der Waals surface area contributed by atoms with Crippen molar-refractivity contribution in [2.45, 2.75) is 0 Å². The molecule has 0 bridgehead atoms. The number of hydrogen-bond donors (Lipinski definition) is 1. The van der Waals surface area contributed by atoms with E-state index in [1.54, 1.807) is 35.3 Å². The van der Waals surface area contributed by atoms with Crippen LogP contribution in [-0.2, 0) is 7.05 Å². The van der Waals surface area contributed by atoms with E-state index in [1.807, 2.05) is 25.4 Å². The molecule has 0 amide bonds. The number of aromatic nitrogens is 5. The number of benzene rings is 1. The molecule has 0 saturated carbocycles. The number of nitrogens with zero attached hydrogens (tertiary/aromatic N) is 4. The van der Waals surface area contributed by atoms with E-state index in [0.717, 1.165) is 0 Å². The first-order valence-electron chi connectivity index (χ1n) is 8.67. The van der Waals surface area contributed by atoms with E-state index in [9.17, 15) is 9.18 Å². The highest BCUT2D eigenvalue weighted by atomic mass is 19.1. The Kier molecular flexibility index (Phi) is 3.55. The van der Waals surface area contributed by atoms with E-state index in [-0.39, 0.29) is 5.43 Å². The standard InChI is InChI=1S/C21H14FN5O/c1-27-8-5-17(26-27)20-14(11-15-18(28)4-7-24-21(15)25-20)13-9-12-3-2-6-23-19(12)16(22)10-13/h2-11H,1H3,(H,24,25,28). The lowest BCUT2D eigenvalue weighted by molar-refractivity contribution is 0.637. The Morgan fingerprint density at radius 3 is 2.86 bits per heavy atom. The average Bonchev–Trinajstić information content (AvgIpc) is 3.14. The fourth-order valence-electron chi connectivity index (χ4n) is 3.36. The number of aryl methyl sites for hydroxylation is 1. The Balaban J connectivity index is 1.87. The smallest absolute Gasteiger partial charge is 0.191 e. The summed E-state index contributed by atoms with van der Waals surface area (Å²) in [7, 11) is 1.81. The number of aromatic amines is 1. The number of fused-ring (bicyclic) bond motifs is 2. The number of nitrogens with one attached hydrogen (secondary N) is 1. The van der Waals surface area contributed by atoms with Gasteiger partial charge in [-0.1, -0.05) is 6.07 Å². The summed E-state index contributed by atoms with van der Waals surface area (Å²) in [5, 5.41) is 5.54. The molecule has 7 heteroatoms. The van der Waals surface area contributed by atoms with Crippen LogP contribution in [0.25, 0.3) is 44.5 Å². The molecule has 0 radical (unpaired) electrons. The Bertz CT molecular complexity index is 1420. The second kappa shape index (κ2) is 6.09. The molecule has 28 heavy (non-hydrogen) atoms. The van der Waals surface area contributed by atoms with Gasteiger partial charge in [-0.25, -0.2) is 9.37 Å². The van der Waals surface area contributed by atoms with Crippen molar-refractivity contribution in [2.24, 2.45) is 7.05 Å². The number of pyridine rings is 3. The first-order valence-corrected chi connectivity index (χ1v) is 8.67. The second-order valence-electron chi connectivity index (χ2n) is 6.53. The largest absolute Gasteiger partial charge is 0.346 e. The summed E-state index contributed by atoms with van der Waals surface area (Å²) in [5.41, 5.74) is 3.05. The number of rotatable bonds is 2. The van der Waals surface area contributed by atoms with Crippen LogP contribution in [0.2, 0.25) is 0 Å². The predicted molar refractivity (Wildman–Crippen MR) is 105 cm³/mol. The zero-order valence-electron chi connectivity index (χ0n) is 14.8.